The van der Waals surface area contributed by atoms with Gasteiger partial charge in [-0.15, -0.1) is 0 Å². The average Bonchev–Trinajstić information content (AvgIpc) is 3.11. The van der Waals surface area contributed by atoms with E-state index in [9.17, 15) is 9.18 Å². The molecule has 3 heterocycles. The van der Waals surface area contributed by atoms with E-state index in [0.29, 0.717) is 12.3 Å². The van der Waals surface area contributed by atoms with Crippen molar-refractivity contribution in [1.82, 2.24) is 14.8 Å². The summed E-state index contributed by atoms with van der Waals surface area (Å²) in [4.78, 5) is 22.4. The molecule has 1 fully saturated rings. The molecule has 0 spiro atoms. The first-order valence-corrected chi connectivity index (χ1v) is 13.4. The predicted molar refractivity (Wildman–Crippen MR) is 141 cm³/mol. The Bertz CT molecular complexity index is 1140. The summed E-state index contributed by atoms with van der Waals surface area (Å²) in [5.74, 6) is 0.696. The number of aryl methyl sites for hydroxylation is 1. The lowest BCUT2D eigenvalue weighted by Gasteiger charge is -2.31. The number of carbonyl (C=O) groups is 1. The monoisotopic (exact) mass is 485 g/mol. The third-order valence-electron chi connectivity index (χ3n) is 7.76. The summed E-state index contributed by atoms with van der Waals surface area (Å²) in [7, 11) is 0. The van der Waals surface area contributed by atoms with Gasteiger partial charge in [0.1, 0.15) is 5.82 Å². The van der Waals surface area contributed by atoms with Gasteiger partial charge < -0.3 is 0 Å². The molecule has 0 atom stereocenters. The van der Waals surface area contributed by atoms with E-state index >= 15 is 0 Å². The van der Waals surface area contributed by atoms with E-state index in [1.807, 2.05) is 36.5 Å². The van der Waals surface area contributed by atoms with E-state index in [1.54, 1.807) is 0 Å². The minimum Gasteiger partial charge on any atom is -0.297 e. The van der Waals surface area contributed by atoms with Gasteiger partial charge in [0.05, 0.1) is 5.69 Å². The third-order valence-corrected chi connectivity index (χ3v) is 7.76. The quantitative estimate of drug-likeness (QED) is 0.364. The highest BCUT2D eigenvalue weighted by Gasteiger charge is 2.21. The van der Waals surface area contributed by atoms with Crippen LogP contribution in [0.4, 0.5) is 4.39 Å². The molecule has 3 aromatic rings. The molecule has 0 amide bonds. The number of piperidine rings is 1. The maximum atomic E-state index is 13.3. The molecule has 2 aromatic carbocycles. The summed E-state index contributed by atoms with van der Waals surface area (Å²) in [6.45, 7) is 5.73. The second-order valence-corrected chi connectivity index (χ2v) is 10.4. The molecular formula is C31H36FN3O. The van der Waals surface area contributed by atoms with Gasteiger partial charge in [-0.25, -0.2) is 4.39 Å². The Kier molecular flexibility index (Phi) is 8.19. The topological polar surface area (TPSA) is 36.4 Å². The summed E-state index contributed by atoms with van der Waals surface area (Å²) in [5.41, 5.74) is 5.73. The van der Waals surface area contributed by atoms with Gasteiger partial charge in [-0.1, -0.05) is 30.3 Å². The number of aromatic nitrogens is 1. The van der Waals surface area contributed by atoms with Crippen molar-refractivity contribution in [3.05, 3.63) is 101 Å². The molecule has 2 aliphatic heterocycles. The smallest absolute Gasteiger partial charge is 0.162 e. The minimum atomic E-state index is -0.196. The summed E-state index contributed by atoms with van der Waals surface area (Å²) < 4.78 is 13.3. The van der Waals surface area contributed by atoms with Gasteiger partial charge in [0, 0.05) is 37.8 Å². The molecule has 188 valence electrons. The zero-order valence-corrected chi connectivity index (χ0v) is 21.0. The number of rotatable bonds is 8. The fourth-order valence-electron chi connectivity index (χ4n) is 5.62. The van der Waals surface area contributed by atoms with E-state index in [2.05, 4.69) is 33.0 Å². The highest BCUT2D eigenvalue weighted by atomic mass is 19.1. The summed E-state index contributed by atoms with van der Waals surface area (Å²) in [6.07, 6.45) is 7.92. The van der Waals surface area contributed by atoms with Gasteiger partial charge in [-0.3, -0.25) is 19.6 Å². The van der Waals surface area contributed by atoms with Crippen LogP contribution in [0.2, 0.25) is 0 Å². The summed E-state index contributed by atoms with van der Waals surface area (Å²) in [5, 5.41) is 0. The highest BCUT2D eigenvalue weighted by molar-refractivity contribution is 5.96. The molecule has 1 saturated heterocycles. The van der Waals surface area contributed by atoms with Crippen LogP contribution in [0.1, 0.15) is 64.8 Å². The maximum Gasteiger partial charge on any atom is 0.162 e. The Balaban J connectivity index is 1.12. The van der Waals surface area contributed by atoms with E-state index in [-0.39, 0.29) is 11.6 Å². The maximum absolute atomic E-state index is 13.3. The molecule has 0 bridgehead atoms. The molecule has 4 nitrogen and oxygen atoms in total. The largest absolute Gasteiger partial charge is 0.297 e. The minimum absolute atomic E-state index is 0.196. The van der Waals surface area contributed by atoms with Crippen molar-refractivity contribution < 1.29 is 9.18 Å². The molecule has 1 aromatic heterocycles. The Morgan fingerprint density at radius 2 is 1.75 bits per heavy atom. The second-order valence-electron chi connectivity index (χ2n) is 10.4. The van der Waals surface area contributed by atoms with Crippen molar-refractivity contribution in [2.24, 2.45) is 5.92 Å². The summed E-state index contributed by atoms with van der Waals surface area (Å²) in [6, 6.07) is 19.2. The lowest BCUT2D eigenvalue weighted by Crippen LogP contribution is -2.33. The number of likely N-dealkylation sites (tertiary alicyclic amines) is 1. The van der Waals surface area contributed by atoms with Gasteiger partial charge in [0.25, 0.3) is 0 Å². The van der Waals surface area contributed by atoms with Crippen LogP contribution in [0.25, 0.3) is 0 Å². The Morgan fingerprint density at radius 1 is 0.917 bits per heavy atom. The van der Waals surface area contributed by atoms with E-state index in [4.69, 9.17) is 0 Å². The van der Waals surface area contributed by atoms with Crippen molar-refractivity contribution >= 4 is 5.78 Å². The molecule has 0 unspecified atom stereocenters. The molecule has 0 aliphatic carbocycles. The normalized spacial score (nSPS) is 17.5. The first kappa shape index (κ1) is 24.8. The van der Waals surface area contributed by atoms with Gasteiger partial charge >= 0.3 is 0 Å². The molecule has 36 heavy (non-hydrogen) atoms. The molecule has 5 rings (SSSR count). The number of hydrogen-bond acceptors (Lipinski definition) is 4. The summed E-state index contributed by atoms with van der Waals surface area (Å²) >= 11 is 0. The number of hydrogen-bond donors (Lipinski definition) is 0. The number of Topliss-reactive ketones (excluding diaryl/α,β-unsaturated/α-hetero) is 1. The second kappa shape index (κ2) is 11.9. The SMILES string of the molecule is O=C(CCC1CCN(Cc2ccccn2)CC1)c1ccc2c(c1)CN(Cc1ccc(F)cc1)CCC2. The zero-order chi connectivity index (χ0) is 24.7. The van der Waals surface area contributed by atoms with Gasteiger partial charge in [-0.2, -0.15) is 0 Å². The van der Waals surface area contributed by atoms with Crippen LogP contribution in [0.3, 0.4) is 0 Å². The zero-order valence-electron chi connectivity index (χ0n) is 21.0. The van der Waals surface area contributed by atoms with Crippen LogP contribution >= 0.6 is 0 Å². The number of benzene rings is 2. The van der Waals surface area contributed by atoms with E-state index in [1.165, 1.54) is 23.3 Å². The lowest BCUT2D eigenvalue weighted by atomic mass is 9.89. The predicted octanol–water partition coefficient (Wildman–Crippen LogP) is 6.04. The van der Waals surface area contributed by atoms with Crippen LogP contribution in [-0.2, 0) is 26.1 Å². The fourth-order valence-corrected chi connectivity index (χ4v) is 5.62. The van der Waals surface area contributed by atoms with Crippen molar-refractivity contribution in [2.45, 2.75) is 58.2 Å². The van der Waals surface area contributed by atoms with Gasteiger partial charge in [0.2, 0.25) is 0 Å². The fraction of sp³-hybridized carbons (Fsp3) is 0.419. The van der Waals surface area contributed by atoms with Gasteiger partial charge in [0.15, 0.2) is 5.78 Å². The van der Waals surface area contributed by atoms with Crippen molar-refractivity contribution in [2.75, 3.05) is 19.6 Å². The first-order chi connectivity index (χ1) is 17.6. The molecule has 2 aliphatic rings. The van der Waals surface area contributed by atoms with Crippen LogP contribution in [0, 0.1) is 11.7 Å². The van der Waals surface area contributed by atoms with Gasteiger partial charge in [-0.05, 0) is 105 Å². The molecule has 5 heteroatoms. The average molecular weight is 486 g/mol. The standard InChI is InChI=1S/C31H36FN3O/c32-29-11-6-25(7-12-29)21-35-17-3-4-26-9-10-27(20-28(26)22-35)31(36)13-8-24-14-18-34(19-15-24)23-30-5-1-2-16-33-30/h1-2,5-7,9-12,16,20,24H,3-4,8,13-15,17-19,21-23H2. The number of pyridine rings is 1. The number of ketones is 1. The molecule has 0 radical (unpaired) electrons. The van der Waals surface area contributed by atoms with Crippen LogP contribution < -0.4 is 0 Å². The molecule has 0 N–H and O–H groups in total. The third kappa shape index (κ3) is 6.65. The first-order valence-electron chi connectivity index (χ1n) is 13.4. The lowest BCUT2D eigenvalue weighted by molar-refractivity contribution is 0.0961. The van der Waals surface area contributed by atoms with E-state index in [0.717, 1.165) is 88.2 Å². The van der Waals surface area contributed by atoms with Crippen molar-refractivity contribution in [3.63, 3.8) is 0 Å². The Hall–Kier alpha value is -2.89. The van der Waals surface area contributed by atoms with Crippen LogP contribution in [0.5, 0.6) is 0 Å². The Labute approximate surface area is 214 Å². The number of fused-ring (bicyclic) bond motifs is 1. The molecular weight excluding hydrogens is 449 g/mol. The van der Waals surface area contributed by atoms with Crippen molar-refractivity contribution in [3.8, 4) is 0 Å². The van der Waals surface area contributed by atoms with Crippen LogP contribution in [0.15, 0.2) is 66.9 Å². The highest BCUT2D eigenvalue weighted by Crippen LogP contribution is 2.26. The number of carbonyl (C=O) groups excluding carboxylic acids is 1. The number of nitrogens with zero attached hydrogens (tertiary/aromatic N) is 3. The van der Waals surface area contributed by atoms with Crippen molar-refractivity contribution in [1.29, 1.82) is 0 Å². The number of halogens is 1. The molecule has 0 saturated carbocycles. The van der Waals surface area contributed by atoms with E-state index < -0.39 is 0 Å². The van der Waals surface area contributed by atoms with Crippen LogP contribution in [-0.4, -0.2) is 40.2 Å². The Morgan fingerprint density at radius 3 is 2.53 bits per heavy atom.